The average molecular weight is 654 g/mol. The van der Waals surface area contributed by atoms with Crippen LogP contribution in [-0.4, -0.2) is 14.5 Å². The average Bonchev–Trinajstić information content (AvgIpc) is 3.73. The molecule has 3 nitrogen and oxygen atoms in total. The molecule has 0 bridgehead atoms. The van der Waals surface area contributed by atoms with Gasteiger partial charge in [-0.25, -0.2) is 9.97 Å². The maximum atomic E-state index is 4.76. The van der Waals surface area contributed by atoms with Crippen LogP contribution < -0.4 is 0 Å². The minimum atomic E-state index is 0.910. The third-order valence-corrected chi connectivity index (χ3v) is 11.4. The third-order valence-electron chi connectivity index (χ3n) is 10.3. The lowest BCUT2D eigenvalue weighted by Crippen LogP contribution is -1.95. The zero-order chi connectivity index (χ0) is 32.8. The van der Waals surface area contributed by atoms with E-state index >= 15 is 0 Å². The number of hydrogen-bond acceptors (Lipinski definition) is 3. The fraction of sp³-hybridized carbons (Fsp3) is 0. The summed E-state index contributed by atoms with van der Waals surface area (Å²) in [7, 11) is 0. The molecule has 0 atom stereocenters. The summed E-state index contributed by atoms with van der Waals surface area (Å²) in [5.41, 5.74) is 7.50. The van der Waals surface area contributed by atoms with Crippen molar-refractivity contribution in [2.45, 2.75) is 0 Å². The number of fused-ring (bicyclic) bond motifs is 12. The predicted molar refractivity (Wildman–Crippen MR) is 213 cm³/mol. The molecule has 0 aliphatic carbocycles. The molecule has 0 saturated heterocycles. The third kappa shape index (κ3) is 4.03. The highest BCUT2D eigenvalue weighted by atomic mass is 32.1. The summed E-state index contributed by atoms with van der Waals surface area (Å²) in [4.78, 5) is 9.48. The van der Waals surface area contributed by atoms with Gasteiger partial charge in [-0.3, -0.25) is 0 Å². The quantitative estimate of drug-likeness (QED) is 0.178. The Morgan fingerprint density at radius 3 is 1.64 bits per heavy atom. The molecule has 0 saturated carbocycles. The number of para-hydroxylation sites is 1. The van der Waals surface area contributed by atoms with Gasteiger partial charge in [0.25, 0.3) is 0 Å². The summed E-state index contributed by atoms with van der Waals surface area (Å²) < 4.78 is 5.00. The maximum Gasteiger partial charge on any atom is 0.116 e. The molecule has 0 spiro atoms. The number of nitrogens with zero attached hydrogens (tertiary/aromatic N) is 3. The monoisotopic (exact) mass is 653 g/mol. The topological polar surface area (TPSA) is 30.7 Å². The Bertz CT molecular complexity index is 3130. The van der Waals surface area contributed by atoms with Gasteiger partial charge >= 0.3 is 0 Å². The zero-order valence-electron chi connectivity index (χ0n) is 26.8. The van der Waals surface area contributed by atoms with Gasteiger partial charge in [0.2, 0.25) is 0 Å². The van der Waals surface area contributed by atoms with E-state index in [-0.39, 0.29) is 0 Å². The second-order valence-electron chi connectivity index (χ2n) is 13.0. The van der Waals surface area contributed by atoms with Crippen molar-refractivity contribution in [3.63, 3.8) is 0 Å². The molecule has 232 valence electrons. The highest BCUT2D eigenvalue weighted by molar-refractivity contribution is 7.25. The van der Waals surface area contributed by atoms with E-state index in [0.717, 1.165) is 28.2 Å². The van der Waals surface area contributed by atoms with Crippen LogP contribution in [0.15, 0.2) is 164 Å². The summed E-state index contributed by atoms with van der Waals surface area (Å²) in [5.74, 6) is 0. The molecule has 0 aliphatic rings. The van der Waals surface area contributed by atoms with Crippen molar-refractivity contribution < 1.29 is 0 Å². The second-order valence-corrected chi connectivity index (χ2v) is 14.1. The van der Waals surface area contributed by atoms with Crippen molar-refractivity contribution in [2.75, 3.05) is 0 Å². The molecular formula is C46H27N3S. The molecule has 0 amide bonds. The van der Waals surface area contributed by atoms with Crippen LogP contribution in [0.1, 0.15) is 0 Å². The smallest absolute Gasteiger partial charge is 0.116 e. The van der Waals surface area contributed by atoms with E-state index in [1.165, 1.54) is 74.3 Å². The van der Waals surface area contributed by atoms with Crippen molar-refractivity contribution >= 4 is 85.6 Å². The van der Waals surface area contributed by atoms with Gasteiger partial charge in [-0.1, -0.05) is 103 Å². The lowest BCUT2D eigenvalue weighted by molar-refractivity contribution is 1.17. The standard InChI is InChI=1S/C46H27N3S/c1-2-11-33-31(9-1)32-10-3-4-12-34(32)38-25-30(19-20-35(33)38)49-43-15-7-5-13-36(43)39-23-28(17-21-44(39)49)41-26-42(48-27-47-41)29-18-22-46-40(24-29)37-14-6-8-16-45(37)50-46/h1-27H. The SMILES string of the molecule is c1ccc2c(c1)sc1ccc(-c3cc(-c4ccc5c(c4)c4ccccc4n5-c4ccc5c6ccccc6c6ccccc6c5c4)ncn3)cc12. The van der Waals surface area contributed by atoms with Crippen molar-refractivity contribution in [3.05, 3.63) is 164 Å². The molecule has 11 aromatic rings. The highest BCUT2D eigenvalue weighted by Gasteiger charge is 2.16. The van der Waals surface area contributed by atoms with Gasteiger partial charge < -0.3 is 4.57 Å². The van der Waals surface area contributed by atoms with Crippen LogP contribution >= 0.6 is 11.3 Å². The summed E-state index contributed by atoms with van der Waals surface area (Å²) in [5, 5.41) is 12.7. The summed E-state index contributed by atoms with van der Waals surface area (Å²) >= 11 is 1.83. The first kappa shape index (κ1) is 27.6. The molecule has 11 rings (SSSR count). The Labute approximate surface area is 291 Å². The highest BCUT2D eigenvalue weighted by Crippen LogP contribution is 2.40. The Kier molecular flexibility index (Phi) is 5.83. The molecule has 4 heteroatoms. The number of rotatable bonds is 3. The van der Waals surface area contributed by atoms with Crippen molar-refractivity contribution in [1.29, 1.82) is 0 Å². The van der Waals surface area contributed by atoms with Gasteiger partial charge in [-0.15, -0.1) is 11.3 Å². The van der Waals surface area contributed by atoms with E-state index in [9.17, 15) is 0 Å². The lowest BCUT2D eigenvalue weighted by Gasteiger charge is -2.14. The normalized spacial score (nSPS) is 12.0. The predicted octanol–water partition coefficient (Wildman–Crippen LogP) is 12.7. The van der Waals surface area contributed by atoms with E-state index in [0.29, 0.717) is 0 Å². The number of hydrogen-bond donors (Lipinski definition) is 0. The van der Waals surface area contributed by atoms with Crippen LogP contribution in [0, 0.1) is 0 Å². The fourth-order valence-corrected chi connectivity index (χ4v) is 9.09. The van der Waals surface area contributed by atoms with E-state index in [1.807, 2.05) is 11.3 Å². The first-order valence-electron chi connectivity index (χ1n) is 16.9. The van der Waals surface area contributed by atoms with Gasteiger partial charge in [0.15, 0.2) is 0 Å². The van der Waals surface area contributed by atoms with Crippen molar-refractivity contribution in [1.82, 2.24) is 14.5 Å². The summed E-state index contributed by atoms with van der Waals surface area (Å²) in [6.07, 6.45) is 1.69. The Morgan fingerprint density at radius 1 is 0.360 bits per heavy atom. The molecule has 3 aromatic heterocycles. The van der Waals surface area contributed by atoms with Crippen LogP contribution in [-0.2, 0) is 0 Å². The minimum absolute atomic E-state index is 0.910. The molecule has 0 fully saturated rings. The number of thiophene rings is 1. The van der Waals surface area contributed by atoms with E-state index in [1.54, 1.807) is 6.33 Å². The Morgan fingerprint density at radius 2 is 0.900 bits per heavy atom. The summed E-state index contributed by atoms with van der Waals surface area (Å²) in [6, 6.07) is 57.3. The molecule has 0 unspecified atom stereocenters. The van der Waals surface area contributed by atoms with Crippen LogP contribution in [0.2, 0.25) is 0 Å². The van der Waals surface area contributed by atoms with E-state index < -0.39 is 0 Å². The van der Waals surface area contributed by atoms with Crippen molar-refractivity contribution in [3.8, 4) is 28.2 Å². The number of benzene rings is 8. The van der Waals surface area contributed by atoms with Crippen LogP contribution in [0.5, 0.6) is 0 Å². The second kappa shape index (κ2) is 10.6. The molecule has 0 N–H and O–H groups in total. The van der Waals surface area contributed by atoms with Crippen LogP contribution in [0.4, 0.5) is 0 Å². The Hall–Kier alpha value is -6.36. The summed E-state index contributed by atoms with van der Waals surface area (Å²) in [6.45, 7) is 0. The van der Waals surface area contributed by atoms with Gasteiger partial charge in [-0.05, 0) is 86.9 Å². The van der Waals surface area contributed by atoms with Crippen LogP contribution in [0.25, 0.3) is 102 Å². The first-order chi connectivity index (χ1) is 24.8. The maximum absolute atomic E-state index is 4.76. The molecule has 50 heavy (non-hydrogen) atoms. The minimum Gasteiger partial charge on any atom is -0.309 e. The molecule has 0 aliphatic heterocycles. The van der Waals surface area contributed by atoms with Crippen LogP contribution in [0.3, 0.4) is 0 Å². The van der Waals surface area contributed by atoms with Gasteiger partial charge in [0.1, 0.15) is 6.33 Å². The van der Waals surface area contributed by atoms with E-state index in [4.69, 9.17) is 9.97 Å². The molecule has 3 heterocycles. The van der Waals surface area contributed by atoms with Gasteiger partial charge in [0.05, 0.1) is 22.4 Å². The molecule has 8 aromatic carbocycles. The molecule has 0 radical (unpaired) electrons. The van der Waals surface area contributed by atoms with E-state index in [2.05, 4.69) is 162 Å². The first-order valence-corrected chi connectivity index (χ1v) is 17.7. The number of aromatic nitrogens is 3. The lowest BCUT2D eigenvalue weighted by atomic mass is 9.94. The zero-order valence-corrected chi connectivity index (χ0v) is 27.7. The largest absolute Gasteiger partial charge is 0.309 e. The van der Waals surface area contributed by atoms with Gasteiger partial charge in [-0.2, -0.15) is 0 Å². The van der Waals surface area contributed by atoms with Gasteiger partial charge in [0, 0.05) is 47.8 Å². The molecular weight excluding hydrogens is 627 g/mol. The fourth-order valence-electron chi connectivity index (χ4n) is 8.00. The Balaban J connectivity index is 1.07. The van der Waals surface area contributed by atoms with Crippen molar-refractivity contribution in [2.24, 2.45) is 0 Å².